The van der Waals surface area contributed by atoms with Crippen molar-refractivity contribution in [3.05, 3.63) is 70.8 Å². The van der Waals surface area contributed by atoms with Gasteiger partial charge in [0.05, 0.1) is 29.7 Å². The lowest BCUT2D eigenvalue weighted by Crippen LogP contribution is -2.40. The number of Topliss-reactive ketones (excluding diaryl/α,β-unsaturated/α-hetero) is 1. The van der Waals surface area contributed by atoms with E-state index in [9.17, 15) is 23.1 Å². The Morgan fingerprint density at radius 3 is 2.44 bits per heavy atom. The number of hydrogen-bond donors (Lipinski definition) is 1. The monoisotopic (exact) mass is 483 g/mol. The van der Waals surface area contributed by atoms with E-state index in [-0.39, 0.29) is 29.3 Å². The van der Waals surface area contributed by atoms with Crippen LogP contribution in [0.3, 0.4) is 0 Å². The maximum Gasteiger partial charge on any atom is 0.295 e. The summed E-state index contributed by atoms with van der Waals surface area (Å²) in [4.78, 5) is 27.8. The van der Waals surface area contributed by atoms with Gasteiger partial charge in [-0.05, 0) is 42.5 Å². The minimum absolute atomic E-state index is 0.0317. The van der Waals surface area contributed by atoms with Crippen LogP contribution in [0.25, 0.3) is 5.76 Å². The minimum atomic E-state index is -3.30. The van der Waals surface area contributed by atoms with Crippen molar-refractivity contribution in [3.8, 4) is 5.75 Å². The summed E-state index contributed by atoms with van der Waals surface area (Å²) in [7, 11) is -3.30. The van der Waals surface area contributed by atoms with Crippen molar-refractivity contribution in [2.45, 2.75) is 45.2 Å². The molecule has 0 spiro atoms. The van der Waals surface area contributed by atoms with Crippen molar-refractivity contribution in [1.29, 1.82) is 0 Å². The topological polar surface area (TPSA) is 101 Å². The SMILES string of the molecule is CCOc1cccc(/C(O)=C2\C(=O)C(=O)N(C3CCS(=O)(=O)C3)C2c2ccc(C(C)C)cc2)c1. The van der Waals surface area contributed by atoms with Crippen LogP contribution in [-0.2, 0) is 19.4 Å². The van der Waals surface area contributed by atoms with Gasteiger partial charge in [0, 0.05) is 11.6 Å². The molecule has 2 aliphatic rings. The maximum absolute atomic E-state index is 13.2. The zero-order valence-electron chi connectivity index (χ0n) is 19.5. The molecule has 2 unspecified atom stereocenters. The fourth-order valence-corrected chi connectivity index (χ4v) is 6.38. The number of aliphatic hydroxyl groups is 1. The van der Waals surface area contributed by atoms with E-state index in [0.29, 0.717) is 29.4 Å². The lowest BCUT2D eigenvalue weighted by Gasteiger charge is -2.30. The van der Waals surface area contributed by atoms with Crippen LogP contribution in [0.15, 0.2) is 54.1 Å². The number of nitrogens with zero attached hydrogens (tertiary/aromatic N) is 1. The molecule has 34 heavy (non-hydrogen) atoms. The van der Waals surface area contributed by atoms with Gasteiger partial charge in [-0.2, -0.15) is 0 Å². The summed E-state index contributed by atoms with van der Waals surface area (Å²) >= 11 is 0. The van der Waals surface area contributed by atoms with Gasteiger partial charge in [0.1, 0.15) is 11.5 Å². The molecule has 0 aliphatic carbocycles. The molecule has 7 nitrogen and oxygen atoms in total. The zero-order chi connectivity index (χ0) is 24.6. The van der Waals surface area contributed by atoms with Crippen molar-refractivity contribution >= 4 is 27.3 Å². The number of benzene rings is 2. The second-order valence-electron chi connectivity index (χ2n) is 9.05. The van der Waals surface area contributed by atoms with Crippen LogP contribution in [0.1, 0.15) is 55.8 Å². The number of ether oxygens (including phenoxy) is 1. The van der Waals surface area contributed by atoms with Crippen molar-refractivity contribution in [2.24, 2.45) is 0 Å². The predicted molar refractivity (Wildman–Crippen MR) is 129 cm³/mol. The van der Waals surface area contributed by atoms with Gasteiger partial charge in [-0.3, -0.25) is 9.59 Å². The number of rotatable bonds is 6. The van der Waals surface area contributed by atoms with E-state index >= 15 is 0 Å². The number of carbonyl (C=O) groups excluding carboxylic acids is 2. The second kappa shape index (κ2) is 9.25. The van der Waals surface area contributed by atoms with Crippen LogP contribution >= 0.6 is 0 Å². The summed E-state index contributed by atoms with van der Waals surface area (Å²) in [6, 6.07) is 12.7. The highest BCUT2D eigenvalue weighted by Gasteiger charge is 2.50. The molecule has 2 aromatic carbocycles. The van der Waals surface area contributed by atoms with E-state index in [4.69, 9.17) is 4.74 Å². The van der Waals surface area contributed by atoms with Crippen LogP contribution in [0, 0.1) is 0 Å². The first kappa shape index (κ1) is 24.0. The fourth-order valence-electron chi connectivity index (χ4n) is 4.67. The van der Waals surface area contributed by atoms with E-state index in [2.05, 4.69) is 13.8 Å². The summed E-state index contributed by atoms with van der Waals surface area (Å²) in [5.74, 6) is -1.32. The van der Waals surface area contributed by atoms with Crippen molar-refractivity contribution < 1.29 is 27.9 Å². The maximum atomic E-state index is 13.2. The molecule has 2 saturated heterocycles. The molecule has 2 atom stereocenters. The molecule has 2 fully saturated rings. The summed E-state index contributed by atoms with van der Waals surface area (Å²) in [5, 5.41) is 11.2. The van der Waals surface area contributed by atoms with Gasteiger partial charge in [-0.25, -0.2) is 8.42 Å². The Hall–Kier alpha value is -3.13. The second-order valence-corrected chi connectivity index (χ2v) is 11.3. The largest absolute Gasteiger partial charge is 0.507 e. The molecule has 1 N–H and O–H groups in total. The lowest BCUT2D eigenvalue weighted by molar-refractivity contribution is -0.141. The highest BCUT2D eigenvalue weighted by atomic mass is 32.2. The third-order valence-electron chi connectivity index (χ3n) is 6.42. The third-order valence-corrected chi connectivity index (χ3v) is 8.17. The molecule has 2 aromatic rings. The average Bonchev–Trinajstić information content (AvgIpc) is 3.29. The summed E-state index contributed by atoms with van der Waals surface area (Å²) in [6.45, 7) is 6.41. The van der Waals surface area contributed by atoms with Crippen LogP contribution in [-0.4, -0.2) is 54.3 Å². The Morgan fingerprint density at radius 1 is 1.15 bits per heavy atom. The Morgan fingerprint density at radius 2 is 1.85 bits per heavy atom. The Kier molecular flexibility index (Phi) is 6.53. The molecule has 0 aromatic heterocycles. The Balaban J connectivity index is 1.86. The van der Waals surface area contributed by atoms with Crippen LogP contribution < -0.4 is 4.74 Å². The van der Waals surface area contributed by atoms with E-state index in [0.717, 1.165) is 5.56 Å². The van der Waals surface area contributed by atoms with Crippen LogP contribution in [0.2, 0.25) is 0 Å². The van der Waals surface area contributed by atoms with Gasteiger partial charge in [0.25, 0.3) is 11.7 Å². The lowest BCUT2D eigenvalue weighted by atomic mass is 9.92. The van der Waals surface area contributed by atoms with Gasteiger partial charge in [0.2, 0.25) is 0 Å². The molecule has 0 radical (unpaired) electrons. The molecular weight excluding hydrogens is 454 g/mol. The molecule has 1 amide bonds. The van der Waals surface area contributed by atoms with E-state index in [1.807, 2.05) is 31.2 Å². The van der Waals surface area contributed by atoms with Gasteiger partial charge in [-0.15, -0.1) is 0 Å². The zero-order valence-corrected chi connectivity index (χ0v) is 20.3. The van der Waals surface area contributed by atoms with E-state index < -0.39 is 33.6 Å². The standard InChI is InChI=1S/C26H29NO6S/c1-4-33-21-7-5-6-19(14-21)24(28)22-23(18-10-8-17(9-11-18)16(2)3)27(26(30)25(22)29)20-12-13-34(31,32)15-20/h5-11,14,16,20,23,28H,4,12-13,15H2,1-3H3/b24-22+. The normalized spacial score (nSPS) is 23.6. The minimum Gasteiger partial charge on any atom is -0.507 e. The highest BCUT2D eigenvalue weighted by molar-refractivity contribution is 7.91. The van der Waals surface area contributed by atoms with E-state index in [1.54, 1.807) is 24.3 Å². The molecule has 0 bridgehead atoms. The van der Waals surface area contributed by atoms with E-state index in [1.165, 1.54) is 4.90 Å². The van der Waals surface area contributed by atoms with Gasteiger partial charge in [-0.1, -0.05) is 50.2 Å². The Labute approximate surface area is 200 Å². The third kappa shape index (κ3) is 4.46. The predicted octanol–water partition coefficient (Wildman–Crippen LogP) is 3.82. The highest BCUT2D eigenvalue weighted by Crippen LogP contribution is 2.42. The molecule has 4 rings (SSSR count). The number of likely N-dealkylation sites (tertiary alicyclic amines) is 1. The van der Waals surface area contributed by atoms with Gasteiger partial charge < -0.3 is 14.7 Å². The molecule has 8 heteroatoms. The number of aliphatic hydroxyl groups excluding tert-OH is 1. The van der Waals surface area contributed by atoms with Crippen molar-refractivity contribution in [2.75, 3.05) is 18.1 Å². The molecule has 0 saturated carbocycles. The van der Waals surface area contributed by atoms with Gasteiger partial charge in [0.15, 0.2) is 9.84 Å². The van der Waals surface area contributed by atoms with Crippen molar-refractivity contribution in [3.63, 3.8) is 0 Å². The quantitative estimate of drug-likeness (QED) is 0.381. The first-order valence-electron chi connectivity index (χ1n) is 11.5. The summed E-state index contributed by atoms with van der Waals surface area (Å²) in [6.07, 6.45) is 0.260. The molecular formula is C26H29NO6S. The summed E-state index contributed by atoms with van der Waals surface area (Å²) in [5.41, 5.74) is 2.05. The van der Waals surface area contributed by atoms with Gasteiger partial charge >= 0.3 is 0 Å². The van der Waals surface area contributed by atoms with Crippen molar-refractivity contribution in [1.82, 2.24) is 4.90 Å². The number of sulfone groups is 1. The number of ketones is 1. The first-order valence-corrected chi connectivity index (χ1v) is 13.3. The van der Waals surface area contributed by atoms with Crippen LogP contribution in [0.4, 0.5) is 0 Å². The number of carbonyl (C=O) groups is 2. The molecule has 2 heterocycles. The first-order chi connectivity index (χ1) is 16.1. The molecule has 180 valence electrons. The number of hydrogen-bond acceptors (Lipinski definition) is 6. The fraction of sp³-hybridized carbons (Fsp3) is 0.385. The van der Waals surface area contributed by atoms with Crippen LogP contribution in [0.5, 0.6) is 5.75 Å². The average molecular weight is 484 g/mol. The summed E-state index contributed by atoms with van der Waals surface area (Å²) < 4.78 is 29.9. The number of amides is 1. The smallest absolute Gasteiger partial charge is 0.295 e. The Bertz CT molecular complexity index is 1250. The molecule has 2 aliphatic heterocycles.